The number of aliphatic hydroxyl groups is 1. The highest BCUT2D eigenvalue weighted by Gasteiger charge is 2.22. The van der Waals surface area contributed by atoms with Gasteiger partial charge in [-0.1, -0.05) is 12.1 Å². The van der Waals surface area contributed by atoms with Crippen LogP contribution in [0.15, 0.2) is 35.7 Å². The number of aryl methyl sites for hydroxylation is 1. The molecular weight excluding hydrogens is 353 g/mol. The van der Waals surface area contributed by atoms with E-state index in [4.69, 9.17) is 9.47 Å². The van der Waals surface area contributed by atoms with Gasteiger partial charge in [-0.2, -0.15) is 0 Å². The molecule has 2 atom stereocenters. The predicted molar refractivity (Wildman–Crippen MR) is 101 cm³/mol. The fourth-order valence-electron chi connectivity index (χ4n) is 3.15. The summed E-state index contributed by atoms with van der Waals surface area (Å²) in [5.74, 6) is -0.239. The molecule has 0 bridgehead atoms. The van der Waals surface area contributed by atoms with Crippen molar-refractivity contribution in [3.8, 4) is 5.75 Å². The number of benzene rings is 1. The normalized spacial score (nSPS) is 18.4. The lowest BCUT2D eigenvalue weighted by Crippen LogP contribution is -2.39. The quantitative estimate of drug-likeness (QED) is 0.723. The van der Waals surface area contributed by atoms with Crippen molar-refractivity contribution in [1.29, 1.82) is 0 Å². The molecule has 0 aliphatic carbocycles. The van der Waals surface area contributed by atoms with Crippen LogP contribution in [0.25, 0.3) is 0 Å². The molecule has 0 saturated carbocycles. The molecule has 0 spiro atoms. The average Bonchev–Trinajstić information content (AvgIpc) is 3.26. The van der Waals surface area contributed by atoms with Gasteiger partial charge in [-0.3, -0.25) is 4.90 Å². The predicted octanol–water partition coefficient (Wildman–Crippen LogP) is 3.62. The largest absolute Gasteiger partial charge is 0.488 e. The van der Waals surface area contributed by atoms with Crippen LogP contribution < -0.4 is 4.74 Å². The lowest BCUT2D eigenvalue weighted by Gasteiger charge is -2.27. The molecule has 1 fully saturated rings. The highest BCUT2D eigenvalue weighted by Crippen LogP contribution is 2.21. The maximum absolute atomic E-state index is 13.6. The molecule has 1 N–H and O–H groups in total. The van der Waals surface area contributed by atoms with Crippen molar-refractivity contribution in [1.82, 2.24) is 4.90 Å². The van der Waals surface area contributed by atoms with E-state index in [1.165, 1.54) is 16.5 Å². The number of nitrogens with zero attached hydrogens (tertiary/aromatic N) is 1. The number of ether oxygens (including phenoxy) is 2. The zero-order chi connectivity index (χ0) is 18.4. The summed E-state index contributed by atoms with van der Waals surface area (Å²) in [6, 6.07) is 8.37. The van der Waals surface area contributed by atoms with Gasteiger partial charge >= 0.3 is 0 Å². The van der Waals surface area contributed by atoms with Gasteiger partial charge in [0.25, 0.3) is 0 Å². The van der Waals surface area contributed by atoms with Gasteiger partial charge in [0.05, 0.1) is 6.10 Å². The second-order valence-corrected chi connectivity index (χ2v) is 7.75. The van der Waals surface area contributed by atoms with E-state index in [-0.39, 0.29) is 18.5 Å². The molecule has 1 aliphatic heterocycles. The molecule has 2 aromatic rings. The Morgan fingerprint density at radius 2 is 2.23 bits per heavy atom. The maximum atomic E-state index is 13.6. The van der Waals surface area contributed by atoms with E-state index in [1.807, 2.05) is 0 Å². The van der Waals surface area contributed by atoms with Crippen molar-refractivity contribution in [3.05, 3.63) is 52.0 Å². The number of thiophene rings is 1. The van der Waals surface area contributed by atoms with Gasteiger partial charge < -0.3 is 14.6 Å². The number of hydrogen-bond acceptors (Lipinski definition) is 5. The zero-order valence-electron chi connectivity index (χ0n) is 15.1. The molecule has 0 radical (unpaired) electrons. The van der Waals surface area contributed by atoms with E-state index in [1.54, 1.807) is 29.5 Å². The molecule has 3 rings (SSSR count). The summed E-state index contributed by atoms with van der Waals surface area (Å²) < 4.78 is 24.8. The standard InChI is InChI=1S/C20H26FNO3S/c1-15-8-10-26-20(15)13-22(12-17-5-4-9-24-17)11-16(23)14-25-19-7-3-2-6-18(19)21/h2-3,6-8,10,16-17,23H,4-5,9,11-14H2,1H3. The number of para-hydroxylation sites is 1. The smallest absolute Gasteiger partial charge is 0.165 e. The first-order valence-corrected chi connectivity index (χ1v) is 9.92. The van der Waals surface area contributed by atoms with Gasteiger partial charge in [-0.25, -0.2) is 4.39 Å². The minimum absolute atomic E-state index is 0.0619. The van der Waals surface area contributed by atoms with Gasteiger partial charge in [0.1, 0.15) is 12.7 Å². The van der Waals surface area contributed by atoms with Crippen LogP contribution in [0.5, 0.6) is 5.75 Å². The first kappa shape index (κ1) is 19.3. The van der Waals surface area contributed by atoms with Crippen molar-refractivity contribution >= 4 is 11.3 Å². The Morgan fingerprint density at radius 3 is 2.92 bits per heavy atom. The van der Waals surface area contributed by atoms with Gasteiger partial charge in [0.15, 0.2) is 11.6 Å². The maximum Gasteiger partial charge on any atom is 0.165 e. The summed E-state index contributed by atoms with van der Waals surface area (Å²) in [6.07, 6.45) is 1.67. The molecule has 1 aliphatic rings. The number of aliphatic hydroxyl groups excluding tert-OH is 1. The van der Waals surface area contributed by atoms with Crippen molar-refractivity contribution in [3.63, 3.8) is 0 Å². The van der Waals surface area contributed by atoms with Crippen LogP contribution >= 0.6 is 11.3 Å². The van der Waals surface area contributed by atoms with Crippen LogP contribution in [0, 0.1) is 12.7 Å². The summed E-state index contributed by atoms with van der Waals surface area (Å²) in [7, 11) is 0. The summed E-state index contributed by atoms with van der Waals surface area (Å²) in [5.41, 5.74) is 1.27. The number of hydrogen-bond donors (Lipinski definition) is 1. The summed E-state index contributed by atoms with van der Waals surface area (Å²) in [6.45, 7) is 5.01. The van der Waals surface area contributed by atoms with Crippen molar-refractivity contribution in [2.24, 2.45) is 0 Å². The lowest BCUT2D eigenvalue weighted by atomic mass is 10.2. The Hall–Kier alpha value is -1.47. The highest BCUT2D eigenvalue weighted by atomic mass is 32.1. The molecule has 4 nitrogen and oxygen atoms in total. The van der Waals surface area contributed by atoms with Gasteiger partial charge in [-0.15, -0.1) is 11.3 Å². The average molecular weight is 379 g/mol. The number of rotatable bonds is 9. The molecule has 1 aromatic heterocycles. The molecule has 2 unspecified atom stereocenters. The summed E-state index contributed by atoms with van der Waals surface area (Å²) in [4.78, 5) is 3.51. The van der Waals surface area contributed by atoms with Crippen LogP contribution in [0.1, 0.15) is 23.3 Å². The Balaban J connectivity index is 1.56. The Morgan fingerprint density at radius 1 is 1.38 bits per heavy atom. The second kappa shape index (κ2) is 9.46. The zero-order valence-corrected chi connectivity index (χ0v) is 15.9. The highest BCUT2D eigenvalue weighted by molar-refractivity contribution is 7.10. The molecule has 6 heteroatoms. The van der Waals surface area contributed by atoms with E-state index in [9.17, 15) is 9.50 Å². The van der Waals surface area contributed by atoms with E-state index in [0.29, 0.717) is 6.54 Å². The van der Waals surface area contributed by atoms with Crippen LogP contribution in [-0.4, -0.2) is 48.5 Å². The topological polar surface area (TPSA) is 41.9 Å². The Bertz CT molecular complexity index is 687. The first-order valence-electron chi connectivity index (χ1n) is 9.04. The third kappa shape index (κ3) is 5.51. The van der Waals surface area contributed by atoms with Crippen molar-refractivity contribution in [2.45, 2.75) is 38.5 Å². The Labute approximate surface area is 158 Å². The van der Waals surface area contributed by atoms with Crippen LogP contribution in [0.4, 0.5) is 4.39 Å². The second-order valence-electron chi connectivity index (χ2n) is 6.75. The summed E-state index contributed by atoms with van der Waals surface area (Å²) in [5, 5.41) is 12.5. The van der Waals surface area contributed by atoms with Crippen molar-refractivity contribution in [2.75, 3.05) is 26.3 Å². The SMILES string of the molecule is Cc1ccsc1CN(CC(O)COc1ccccc1F)CC1CCCO1. The van der Waals surface area contributed by atoms with Gasteiger partial charge in [-0.05, 0) is 48.9 Å². The lowest BCUT2D eigenvalue weighted by molar-refractivity contribution is 0.0311. The minimum atomic E-state index is -0.698. The molecule has 142 valence electrons. The fourth-order valence-corrected chi connectivity index (χ4v) is 4.10. The van der Waals surface area contributed by atoms with Crippen LogP contribution in [-0.2, 0) is 11.3 Å². The van der Waals surface area contributed by atoms with E-state index in [2.05, 4.69) is 23.3 Å². The fraction of sp³-hybridized carbons (Fsp3) is 0.500. The Kier molecular flexibility index (Phi) is 7.02. The summed E-state index contributed by atoms with van der Waals surface area (Å²) >= 11 is 1.73. The third-order valence-corrected chi connectivity index (χ3v) is 5.57. The first-order chi connectivity index (χ1) is 12.6. The molecular formula is C20H26FNO3S. The molecule has 1 aromatic carbocycles. The molecule has 2 heterocycles. The molecule has 0 amide bonds. The molecule has 1 saturated heterocycles. The van der Waals surface area contributed by atoms with E-state index in [0.717, 1.165) is 32.5 Å². The minimum Gasteiger partial charge on any atom is -0.488 e. The monoisotopic (exact) mass is 379 g/mol. The van der Waals surface area contributed by atoms with E-state index < -0.39 is 11.9 Å². The number of halogens is 1. The van der Waals surface area contributed by atoms with E-state index >= 15 is 0 Å². The molecule has 26 heavy (non-hydrogen) atoms. The van der Waals surface area contributed by atoms with Crippen LogP contribution in [0.3, 0.4) is 0 Å². The van der Waals surface area contributed by atoms with Gasteiger partial charge in [0, 0.05) is 31.1 Å². The third-order valence-electron chi connectivity index (χ3n) is 4.56. The van der Waals surface area contributed by atoms with Crippen LogP contribution in [0.2, 0.25) is 0 Å². The van der Waals surface area contributed by atoms with Crippen molar-refractivity contribution < 1.29 is 19.0 Å². The van der Waals surface area contributed by atoms with Gasteiger partial charge in [0.2, 0.25) is 0 Å².